The van der Waals surface area contributed by atoms with Crippen molar-refractivity contribution in [3.8, 4) is 0 Å². The maximum Gasteiger partial charge on any atom is 0.365 e. The summed E-state index contributed by atoms with van der Waals surface area (Å²) < 4.78 is 4.62. The van der Waals surface area contributed by atoms with Crippen molar-refractivity contribution >= 4 is 40.7 Å². The summed E-state index contributed by atoms with van der Waals surface area (Å²) in [4.78, 5) is 38.2. The molecule has 8 heteroatoms. The topological polar surface area (TPSA) is 104 Å². The van der Waals surface area contributed by atoms with Gasteiger partial charge in [0.25, 0.3) is 11.5 Å². The third-order valence-corrected chi connectivity index (χ3v) is 4.39. The first kappa shape index (κ1) is 18.6. The lowest BCUT2D eigenvalue weighted by molar-refractivity contribution is -0.158. The van der Waals surface area contributed by atoms with Crippen LogP contribution in [0.4, 0.5) is 5.69 Å². The Hall–Kier alpha value is -3.16. The first-order valence-electron chi connectivity index (χ1n) is 7.76. The van der Waals surface area contributed by atoms with E-state index in [0.29, 0.717) is 9.92 Å². The van der Waals surface area contributed by atoms with Crippen LogP contribution in [-0.2, 0) is 19.1 Å². The number of hydrogen-bond donors (Lipinski definition) is 2. The zero-order chi connectivity index (χ0) is 19.8. The molecule has 2 aromatic rings. The number of aliphatic hydroxyl groups is 2. The molecule has 0 spiro atoms. The Morgan fingerprint density at radius 2 is 1.67 bits per heavy atom. The van der Waals surface area contributed by atoms with Crippen LogP contribution in [0.3, 0.4) is 0 Å². The Morgan fingerprint density at radius 1 is 1.07 bits per heavy atom. The zero-order valence-corrected chi connectivity index (χ0v) is 14.8. The molecular weight excluding hydrogens is 374 g/mol. The minimum Gasteiger partial charge on any atom is -0.507 e. The van der Waals surface area contributed by atoms with E-state index in [1.807, 2.05) is 0 Å². The first-order chi connectivity index (χ1) is 12.8. The summed E-state index contributed by atoms with van der Waals surface area (Å²) in [5.41, 5.74) is -3.44. The van der Waals surface area contributed by atoms with Gasteiger partial charge in [0.2, 0.25) is 0 Å². The highest BCUT2D eigenvalue weighted by atomic mass is 35.5. The van der Waals surface area contributed by atoms with Crippen molar-refractivity contribution < 1.29 is 29.3 Å². The fraction of sp³-hybridized carbons (Fsp3) is 0.105. The van der Waals surface area contributed by atoms with Gasteiger partial charge < -0.3 is 14.9 Å². The van der Waals surface area contributed by atoms with Crippen LogP contribution in [0.1, 0.15) is 5.56 Å². The highest BCUT2D eigenvalue weighted by Crippen LogP contribution is 2.39. The molecule has 1 heterocycles. The Labute approximate surface area is 159 Å². The van der Waals surface area contributed by atoms with E-state index >= 15 is 0 Å². The molecule has 0 radical (unpaired) electrons. The van der Waals surface area contributed by atoms with Gasteiger partial charge in [-0.15, -0.1) is 0 Å². The molecule has 3 rings (SSSR count). The molecule has 2 aromatic carbocycles. The van der Waals surface area contributed by atoms with Gasteiger partial charge in [0.15, 0.2) is 0 Å². The number of para-hydroxylation sites is 1. The molecule has 1 atom stereocenters. The van der Waals surface area contributed by atoms with Gasteiger partial charge in [0.1, 0.15) is 11.3 Å². The Kier molecular flexibility index (Phi) is 4.73. The van der Waals surface area contributed by atoms with Crippen LogP contribution in [0.15, 0.2) is 60.2 Å². The second-order valence-electron chi connectivity index (χ2n) is 5.70. The van der Waals surface area contributed by atoms with Crippen LogP contribution in [0.2, 0.25) is 5.02 Å². The molecule has 1 aliphatic heterocycles. The fourth-order valence-corrected chi connectivity index (χ4v) is 2.99. The van der Waals surface area contributed by atoms with Gasteiger partial charge in [-0.2, -0.15) is 0 Å². The van der Waals surface area contributed by atoms with Crippen molar-refractivity contribution in [1.29, 1.82) is 0 Å². The van der Waals surface area contributed by atoms with E-state index in [1.165, 1.54) is 36.4 Å². The standard InChI is InChI=1S/C19H14ClNO6/c1-27-18(25)19(26)14(15(22)11-7-9-12(20)10-8-11)16(23)17(24)21(19)13-5-3-2-4-6-13/h2-10,22,26H,1H3/b15-14-/t19-/m0/s1. The van der Waals surface area contributed by atoms with Crippen molar-refractivity contribution in [3.05, 3.63) is 70.8 Å². The summed E-state index contributed by atoms with van der Waals surface area (Å²) in [7, 11) is 0.994. The number of hydrogen-bond acceptors (Lipinski definition) is 6. The number of carbonyl (C=O) groups excluding carboxylic acids is 3. The number of ether oxygens (including phenoxy) is 1. The Balaban J connectivity index is 2.28. The number of benzene rings is 2. The number of esters is 1. The van der Waals surface area contributed by atoms with Crippen LogP contribution < -0.4 is 4.90 Å². The van der Waals surface area contributed by atoms with Crippen molar-refractivity contribution in [2.75, 3.05) is 12.0 Å². The van der Waals surface area contributed by atoms with Crippen LogP contribution in [0, 0.1) is 0 Å². The molecule has 0 unspecified atom stereocenters. The van der Waals surface area contributed by atoms with Gasteiger partial charge in [-0.1, -0.05) is 29.8 Å². The second-order valence-corrected chi connectivity index (χ2v) is 6.14. The highest BCUT2D eigenvalue weighted by Gasteiger charge is 2.62. The minimum atomic E-state index is -2.83. The number of amides is 1. The van der Waals surface area contributed by atoms with Crippen molar-refractivity contribution in [1.82, 2.24) is 0 Å². The molecule has 1 aliphatic rings. The van der Waals surface area contributed by atoms with Gasteiger partial charge in [-0.05, 0) is 36.4 Å². The summed E-state index contributed by atoms with van der Waals surface area (Å²) in [6.07, 6.45) is 0. The minimum absolute atomic E-state index is 0.0858. The maximum atomic E-state index is 12.6. The fourth-order valence-electron chi connectivity index (χ4n) is 2.87. The monoisotopic (exact) mass is 387 g/mol. The first-order valence-corrected chi connectivity index (χ1v) is 8.14. The largest absolute Gasteiger partial charge is 0.507 e. The number of carbonyl (C=O) groups is 3. The Bertz CT molecular complexity index is 954. The number of rotatable bonds is 3. The van der Waals surface area contributed by atoms with Gasteiger partial charge in [-0.25, -0.2) is 4.79 Å². The normalized spacial score (nSPS) is 21.4. The van der Waals surface area contributed by atoms with E-state index in [0.717, 1.165) is 7.11 Å². The van der Waals surface area contributed by atoms with Gasteiger partial charge in [0, 0.05) is 16.3 Å². The molecule has 0 bridgehead atoms. The van der Waals surface area contributed by atoms with E-state index < -0.39 is 34.7 Å². The maximum absolute atomic E-state index is 12.6. The van der Waals surface area contributed by atoms with Gasteiger partial charge in [-0.3, -0.25) is 14.5 Å². The lowest BCUT2D eigenvalue weighted by Crippen LogP contribution is -2.54. The predicted octanol–water partition coefficient (Wildman–Crippen LogP) is 2.09. The van der Waals surface area contributed by atoms with E-state index in [9.17, 15) is 24.6 Å². The number of methoxy groups -OCH3 is 1. The van der Waals surface area contributed by atoms with Crippen LogP contribution >= 0.6 is 11.6 Å². The molecule has 27 heavy (non-hydrogen) atoms. The van der Waals surface area contributed by atoms with Crippen LogP contribution in [0.25, 0.3) is 5.76 Å². The lowest BCUT2D eigenvalue weighted by atomic mass is 9.97. The SMILES string of the molecule is COC(=O)[C@@]1(O)/C(=C(\O)c2ccc(Cl)cc2)C(=O)C(=O)N1c1ccccc1. The van der Waals surface area contributed by atoms with Crippen molar-refractivity contribution in [3.63, 3.8) is 0 Å². The lowest BCUT2D eigenvalue weighted by Gasteiger charge is -2.30. The second kappa shape index (κ2) is 6.86. The summed E-state index contributed by atoms with van der Waals surface area (Å²) in [6.45, 7) is 0. The third kappa shape index (κ3) is 2.87. The molecule has 1 saturated heterocycles. The summed E-state index contributed by atoms with van der Waals surface area (Å²) in [6, 6.07) is 13.3. The van der Waals surface area contributed by atoms with E-state index in [2.05, 4.69) is 4.74 Å². The Morgan fingerprint density at radius 3 is 2.22 bits per heavy atom. The van der Waals surface area contributed by atoms with Crippen LogP contribution in [0.5, 0.6) is 0 Å². The predicted molar refractivity (Wildman–Crippen MR) is 96.9 cm³/mol. The molecule has 1 fully saturated rings. The van der Waals surface area contributed by atoms with Gasteiger partial charge in [0.05, 0.1) is 7.11 Å². The molecule has 2 N–H and O–H groups in total. The summed E-state index contributed by atoms with van der Waals surface area (Å²) in [5.74, 6) is -4.42. The third-order valence-electron chi connectivity index (χ3n) is 4.14. The number of nitrogens with zero attached hydrogens (tertiary/aromatic N) is 1. The highest BCUT2D eigenvalue weighted by molar-refractivity contribution is 6.54. The number of aliphatic hydroxyl groups excluding tert-OH is 1. The molecule has 7 nitrogen and oxygen atoms in total. The molecular formula is C19H14ClNO6. The number of halogens is 1. The van der Waals surface area contributed by atoms with Crippen LogP contribution in [-0.4, -0.2) is 40.7 Å². The number of anilines is 1. The smallest absolute Gasteiger partial charge is 0.365 e. The van der Waals surface area contributed by atoms with E-state index in [-0.39, 0.29) is 11.3 Å². The van der Waals surface area contributed by atoms with Crippen molar-refractivity contribution in [2.24, 2.45) is 0 Å². The molecule has 138 valence electrons. The van der Waals surface area contributed by atoms with Gasteiger partial charge >= 0.3 is 11.9 Å². The number of ketones is 1. The number of Topliss-reactive ketones (excluding diaryl/α,β-unsaturated/α-hetero) is 1. The van der Waals surface area contributed by atoms with E-state index in [4.69, 9.17) is 11.6 Å². The average Bonchev–Trinajstić information content (AvgIpc) is 2.88. The van der Waals surface area contributed by atoms with Crippen molar-refractivity contribution in [2.45, 2.75) is 5.72 Å². The quantitative estimate of drug-likeness (QED) is 0.361. The molecule has 0 saturated carbocycles. The molecule has 0 aromatic heterocycles. The zero-order valence-electron chi connectivity index (χ0n) is 14.0. The van der Waals surface area contributed by atoms with E-state index in [1.54, 1.807) is 18.2 Å². The average molecular weight is 388 g/mol. The summed E-state index contributed by atoms with van der Waals surface area (Å²) in [5, 5.41) is 22.1. The molecule has 1 amide bonds. The molecule has 0 aliphatic carbocycles. The summed E-state index contributed by atoms with van der Waals surface area (Å²) >= 11 is 5.81.